The van der Waals surface area contributed by atoms with E-state index in [-0.39, 0.29) is 30.2 Å². The van der Waals surface area contributed by atoms with Crippen LogP contribution in [0.1, 0.15) is 83.3 Å². The first-order chi connectivity index (χ1) is 37.5. The minimum atomic E-state index is -0.182. The van der Waals surface area contributed by atoms with Gasteiger partial charge in [-0.25, -0.2) is 14.4 Å². The zero-order valence-corrected chi connectivity index (χ0v) is 45.5. The Morgan fingerprint density at radius 2 is 0.974 bits per heavy atom. The molecule has 6 N–H and O–H groups in total. The van der Waals surface area contributed by atoms with Gasteiger partial charge in [-0.3, -0.25) is 4.57 Å². The Hall–Kier alpha value is -7.39. The Bertz CT molecular complexity index is 2570. The maximum absolute atomic E-state index is 12.1. The lowest BCUT2D eigenvalue weighted by Crippen LogP contribution is -2.48. The van der Waals surface area contributed by atoms with Gasteiger partial charge in [0.2, 0.25) is 0 Å². The summed E-state index contributed by atoms with van der Waals surface area (Å²) >= 11 is 0. The highest BCUT2D eigenvalue weighted by molar-refractivity contribution is 5.75. The molecule has 0 radical (unpaired) electrons. The second-order valence-electron chi connectivity index (χ2n) is 19.9. The predicted molar refractivity (Wildman–Crippen MR) is 295 cm³/mol. The number of aromatic nitrogens is 9. The number of hydrogen-bond donors (Lipinski definition) is 6. The van der Waals surface area contributed by atoms with Gasteiger partial charge >= 0.3 is 24.1 Å². The van der Waals surface area contributed by atoms with Crippen LogP contribution in [0.3, 0.4) is 0 Å². The number of benzene rings is 3. The molecule has 4 atom stereocenters. The zero-order valence-electron chi connectivity index (χ0n) is 45.5. The first kappa shape index (κ1) is 57.3. The fourth-order valence-electron chi connectivity index (χ4n) is 9.46. The molecule has 2 aliphatic heterocycles. The predicted octanol–water partition coefficient (Wildman–Crippen LogP) is 6.77. The lowest BCUT2D eigenvalue weighted by molar-refractivity contribution is 0.0419. The number of ether oxygens (including phenoxy) is 3. The zero-order chi connectivity index (χ0) is 54.2. The summed E-state index contributed by atoms with van der Waals surface area (Å²) in [7, 11) is 5.82. The number of nitrogens with zero attached hydrogens (tertiary/aromatic N) is 9. The molecule has 414 valence electrons. The molecule has 1 saturated carbocycles. The summed E-state index contributed by atoms with van der Waals surface area (Å²) in [5, 5.41) is 43.2. The van der Waals surface area contributed by atoms with Gasteiger partial charge in [0.05, 0.1) is 13.2 Å². The second kappa shape index (κ2) is 30.4. The quantitative estimate of drug-likeness (QED) is 0.0489. The van der Waals surface area contributed by atoms with E-state index in [9.17, 15) is 14.4 Å². The standard InChI is InChI=1S/C20H29N5O.C19H27N5O2.C17H23N5O3/c1-15-9-6-7-12-17(15)22-20(26)21-14-8-13-18-23-24-19(25(18)2)16-10-4-3-5-11-16;1-14-13-26-12-10-16(14)21-19(25)20-11-6-9-17-22-23-18(24(17)2)15-7-4-3-5-8-15;1-22-15(13-5-3-2-4-6-13)20-21-17(22)25-12-9-18-16(23)19-14-7-10-24-11-8-14/h3-5,10-11,15,17H,6-9,12-14H2,1-2H3,(H2,21,22,26);3-5,7-8,14,16H,6,9-13H2,1-2H3,(H2,20,21,25);2-6,14H,7-12H2,1H3,(H2,18,19,23). The number of amides is 6. The van der Waals surface area contributed by atoms with Gasteiger partial charge < -0.3 is 55.2 Å². The Balaban J connectivity index is 0.000000168. The second-order valence-corrected chi connectivity index (χ2v) is 19.9. The van der Waals surface area contributed by atoms with Gasteiger partial charge in [0.1, 0.15) is 18.3 Å². The number of rotatable bonds is 18. The van der Waals surface area contributed by atoms with E-state index in [0.29, 0.717) is 76.6 Å². The molecule has 2 saturated heterocycles. The summed E-state index contributed by atoms with van der Waals surface area (Å²) in [5.74, 6) is 5.25. The van der Waals surface area contributed by atoms with Crippen LogP contribution in [-0.2, 0) is 43.5 Å². The molecule has 6 aromatic rings. The number of nitrogens with one attached hydrogen (secondary N) is 6. The molecule has 4 unspecified atom stereocenters. The lowest BCUT2D eigenvalue weighted by atomic mass is 9.86. The van der Waals surface area contributed by atoms with Gasteiger partial charge in [-0.1, -0.05) is 123 Å². The summed E-state index contributed by atoms with van der Waals surface area (Å²) in [6.45, 7) is 9.10. The fraction of sp³-hybridized carbons (Fsp3) is 0.518. The van der Waals surface area contributed by atoms with Crippen LogP contribution >= 0.6 is 0 Å². The highest BCUT2D eigenvalue weighted by Crippen LogP contribution is 2.24. The molecule has 21 heteroatoms. The number of carbonyl (C=O) groups is 3. The molecule has 3 aliphatic rings. The van der Waals surface area contributed by atoms with Gasteiger partial charge in [-0.2, -0.15) is 0 Å². The van der Waals surface area contributed by atoms with Crippen molar-refractivity contribution in [1.82, 2.24) is 76.2 Å². The molecule has 77 heavy (non-hydrogen) atoms. The molecule has 0 spiro atoms. The average molecular weight is 1060 g/mol. The van der Waals surface area contributed by atoms with Crippen molar-refractivity contribution in [3.63, 3.8) is 0 Å². The number of carbonyl (C=O) groups excluding carboxylic acids is 3. The van der Waals surface area contributed by atoms with Crippen LogP contribution in [0.25, 0.3) is 34.2 Å². The highest BCUT2D eigenvalue weighted by atomic mass is 16.5. The molecule has 1 aliphatic carbocycles. The third kappa shape index (κ3) is 17.8. The van der Waals surface area contributed by atoms with Gasteiger partial charge in [-0.15, -0.1) is 25.5 Å². The SMILES string of the molecule is CC1CCCCC1NC(=O)NCCCc1nnc(-c2ccccc2)n1C.CC1COCCC1NC(=O)NCCCc1nnc(-c2ccccc2)n1C.Cn1c(OCCNC(=O)NC2CCOCC2)nnc1-c1ccccc1. The van der Waals surface area contributed by atoms with Gasteiger partial charge in [0.15, 0.2) is 17.5 Å². The molecule has 21 nitrogen and oxygen atoms in total. The third-order valence-electron chi connectivity index (χ3n) is 14.1. The van der Waals surface area contributed by atoms with Crippen LogP contribution in [0, 0.1) is 11.8 Å². The molecule has 3 fully saturated rings. The van der Waals surface area contributed by atoms with Crippen molar-refractivity contribution < 1.29 is 28.6 Å². The van der Waals surface area contributed by atoms with Crippen LogP contribution in [0.4, 0.5) is 14.4 Å². The van der Waals surface area contributed by atoms with Crippen LogP contribution in [-0.4, -0.2) is 133 Å². The summed E-state index contributed by atoms with van der Waals surface area (Å²) in [6, 6.07) is 30.6. The Morgan fingerprint density at radius 3 is 1.49 bits per heavy atom. The van der Waals surface area contributed by atoms with Crippen LogP contribution in [0.15, 0.2) is 91.0 Å². The molecule has 5 heterocycles. The summed E-state index contributed by atoms with van der Waals surface area (Å²) in [5.41, 5.74) is 3.09. The lowest BCUT2D eigenvalue weighted by Gasteiger charge is -2.29. The normalized spacial score (nSPS) is 18.3. The highest BCUT2D eigenvalue weighted by Gasteiger charge is 2.24. The monoisotopic (exact) mass is 1060 g/mol. The smallest absolute Gasteiger partial charge is 0.317 e. The van der Waals surface area contributed by atoms with Crippen molar-refractivity contribution in [2.75, 3.05) is 52.7 Å². The van der Waals surface area contributed by atoms with Crippen LogP contribution in [0.5, 0.6) is 6.01 Å². The van der Waals surface area contributed by atoms with E-state index in [1.807, 2.05) is 121 Å². The van der Waals surface area contributed by atoms with Crippen molar-refractivity contribution in [2.24, 2.45) is 33.0 Å². The van der Waals surface area contributed by atoms with Gasteiger partial charge in [-0.05, 0) is 56.8 Å². The Kier molecular flexibility index (Phi) is 22.6. The van der Waals surface area contributed by atoms with Crippen molar-refractivity contribution in [1.29, 1.82) is 0 Å². The van der Waals surface area contributed by atoms with E-state index < -0.39 is 0 Å². The van der Waals surface area contributed by atoms with Crippen molar-refractivity contribution in [3.05, 3.63) is 103 Å². The van der Waals surface area contributed by atoms with Gasteiger partial charge in [0, 0.05) is 102 Å². The topological polar surface area (TPSA) is 243 Å². The minimum absolute atomic E-state index is 0.0494. The summed E-state index contributed by atoms with van der Waals surface area (Å²) in [6.07, 6.45) is 10.6. The first-order valence-corrected chi connectivity index (χ1v) is 27.3. The molecule has 3 aromatic heterocycles. The third-order valence-corrected chi connectivity index (χ3v) is 14.1. The molecule has 0 bridgehead atoms. The maximum atomic E-state index is 12.1. The van der Waals surface area contributed by atoms with E-state index in [0.717, 1.165) is 97.2 Å². The molecule has 9 rings (SSSR count). The molecule has 6 amide bonds. The summed E-state index contributed by atoms with van der Waals surface area (Å²) in [4.78, 5) is 35.9. The molecular formula is C56H79N15O6. The largest absolute Gasteiger partial charge is 0.462 e. The average Bonchev–Trinajstić information content (AvgIpc) is 4.15. The van der Waals surface area contributed by atoms with Crippen molar-refractivity contribution in [2.45, 2.75) is 103 Å². The number of aryl methyl sites for hydroxylation is 2. The number of urea groups is 3. The Labute approximate surface area is 452 Å². The van der Waals surface area contributed by atoms with E-state index in [2.05, 4.69) is 76.3 Å². The van der Waals surface area contributed by atoms with E-state index in [1.165, 1.54) is 19.3 Å². The van der Waals surface area contributed by atoms with Crippen molar-refractivity contribution in [3.8, 4) is 40.2 Å². The fourth-order valence-corrected chi connectivity index (χ4v) is 9.46. The molecule has 3 aromatic carbocycles. The Morgan fingerprint density at radius 1 is 0.519 bits per heavy atom. The van der Waals surface area contributed by atoms with Crippen LogP contribution < -0.4 is 36.6 Å². The van der Waals surface area contributed by atoms with Crippen molar-refractivity contribution >= 4 is 18.1 Å². The van der Waals surface area contributed by atoms with E-state index in [1.54, 1.807) is 4.57 Å². The first-order valence-electron chi connectivity index (χ1n) is 27.3. The van der Waals surface area contributed by atoms with E-state index in [4.69, 9.17) is 14.2 Å². The summed E-state index contributed by atoms with van der Waals surface area (Å²) < 4.78 is 22.1. The minimum Gasteiger partial charge on any atom is -0.462 e. The van der Waals surface area contributed by atoms with E-state index >= 15 is 0 Å². The molecular weight excluding hydrogens is 979 g/mol. The van der Waals surface area contributed by atoms with Gasteiger partial charge in [0.25, 0.3) is 0 Å². The van der Waals surface area contributed by atoms with Crippen LogP contribution in [0.2, 0.25) is 0 Å². The maximum Gasteiger partial charge on any atom is 0.317 e. The number of hydrogen-bond acceptors (Lipinski definition) is 12.